The number of hydrogen-bond donors (Lipinski definition) is 0. The first-order valence-corrected chi connectivity index (χ1v) is 7.23. The topological polar surface area (TPSA) is 26.3 Å². The number of carbonyl (C=O) groups is 1. The minimum Gasteiger partial charge on any atom is -0.365 e. The van der Waals surface area contributed by atoms with Gasteiger partial charge in [0.25, 0.3) is 0 Å². The van der Waals surface area contributed by atoms with E-state index in [1.807, 2.05) is 60.7 Å². The van der Waals surface area contributed by atoms with Gasteiger partial charge in [0.1, 0.15) is 6.61 Å². The van der Waals surface area contributed by atoms with Gasteiger partial charge in [-0.25, -0.2) is 0 Å². The van der Waals surface area contributed by atoms with Crippen molar-refractivity contribution in [3.05, 3.63) is 71.8 Å². The van der Waals surface area contributed by atoms with Gasteiger partial charge < -0.3 is 4.74 Å². The molecule has 0 amide bonds. The van der Waals surface area contributed by atoms with Gasteiger partial charge in [-0.2, -0.15) is 0 Å². The highest BCUT2D eigenvalue weighted by Crippen LogP contribution is 2.35. The summed E-state index contributed by atoms with van der Waals surface area (Å²) in [5, 5.41) is 0. The Balaban J connectivity index is 2.09. The van der Waals surface area contributed by atoms with Gasteiger partial charge in [-0.15, -0.1) is 0 Å². The van der Waals surface area contributed by atoms with Crippen molar-refractivity contribution >= 4 is 5.78 Å². The molecule has 110 valence electrons. The monoisotopic (exact) mass is 282 g/mol. The Morgan fingerprint density at radius 2 is 1.48 bits per heavy atom. The summed E-state index contributed by atoms with van der Waals surface area (Å²) in [6.07, 6.45) is -0.105. The van der Waals surface area contributed by atoms with Crippen molar-refractivity contribution in [3.8, 4) is 0 Å². The van der Waals surface area contributed by atoms with Crippen molar-refractivity contribution in [2.24, 2.45) is 5.41 Å². The Hall–Kier alpha value is -1.93. The molecule has 0 heterocycles. The van der Waals surface area contributed by atoms with E-state index < -0.39 is 0 Å². The first-order valence-electron chi connectivity index (χ1n) is 7.23. The molecule has 0 bridgehead atoms. The predicted molar refractivity (Wildman–Crippen MR) is 85.4 cm³/mol. The fourth-order valence-electron chi connectivity index (χ4n) is 2.34. The zero-order valence-electron chi connectivity index (χ0n) is 12.9. The molecule has 0 saturated carbocycles. The molecule has 0 N–H and O–H groups in total. The zero-order valence-corrected chi connectivity index (χ0v) is 12.9. The Bertz CT molecular complexity index is 568. The quantitative estimate of drug-likeness (QED) is 0.745. The SMILES string of the molecule is CC(C)(C)C(OCC(=O)c1ccccc1)c1ccccc1. The van der Waals surface area contributed by atoms with Crippen molar-refractivity contribution in [2.45, 2.75) is 26.9 Å². The van der Waals surface area contributed by atoms with Gasteiger partial charge in [0.15, 0.2) is 5.78 Å². The third-order valence-electron chi connectivity index (χ3n) is 3.37. The van der Waals surface area contributed by atoms with Gasteiger partial charge in [-0.05, 0) is 11.0 Å². The van der Waals surface area contributed by atoms with E-state index >= 15 is 0 Å². The lowest BCUT2D eigenvalue weighted by molar-refractivity contribution is -0.0126. The standard InChI is InChI=1S/C19H22O2/c1-19(2,3)18(16-12-8-5-9-13-16)21-14-17(20)15-10-6-4-7-11-15/h4-13,18H,14H2,1-3H3. The first-order chi connectivity index (χ1) is 9.98. The van der Waals surface area contributed by atoms with Crippen molar-refractivity contribution in [1.82, 2.24) is 0 Å². The molecule has 2 nitrogen and oxygen atoms in total. The second-order valence-electron chi connectivity index (χ2n) is 6.26. The number of ether oxygens (including phenoxy) is 1. The third-order valence-corrected chi connectivity index (χ3v) is 3.37. The normalized spacial score (nSPS) is 12.9. The second kappa shape index (κ2) is 6.68. The van der Waals surface area contributed by atoms with Gasteiger partial charge in [0.2, 0.25) is 0 Å². The molecule has 2 rings (SSSR count). The Morgan fingerprint density at radius 1 is 0.952 bits per heavy atom. The molecule has 0 fully saturated rings. The highest BCUT2D eigenvalue weighted by Gasteiger charge is 2.27. The number of ketones is 1. The van der Waals surface area contributed by atoms with Crippen LogP contribution in [0.1, 0.15) is 42.8 Å². The second-order valence-corrected chi connectivity index (χ2v) is 6.26. The highest BCUT2D eigenvalue weighted by molar-refractivity contribution is 5.97. The molecule has 0 aliphatic rings. The molecular formula is C19H22O2. The summed E-state index contributed by atoms with van der Waals surface area (Å²) in [5.74, 6) is 0.0146. The Labute approximate surface area is 126 Å². The lowest BCUT2D eigenvalue weighted by Crippen LogP contribution is -2.24. The Morgan fingerprint density at radius 3 is 2.00 bits per heavy atom. The van der Waals surface area contributed by atoms with Crippen molar-refractivity contribution in [2.75, 3.05) is 6.61 Å². The summed E-state index contributed by atoms with van der Waals surface area (Å²) in [5.41, 5.74) is 1.72. The fraction of sp³-hybridized carbons (Fsp3) is 0.316. The molecule has 0 spiro atoms. The van der Waals surface area contributed by atoms with Crippen LogP contribution in [0.5, 0.6) is 0 Å². The van der Waals surface area contributed by atoms with Crippen LogP contribution in [-0.4, -0.2) is 12.4 Å². The molecule has 2 aromatic carbocycles. The minimum absolute atomic E-state index is 0.0146. The average molecular weight is 282 g/mol. The van der Waals surface area contributed by atoms with Crippen LogP contribution in [0.15, 0.2) is 60.7 Å². The number of benzene rings is 2. The van der Waals surface area contributed by atoms with Gasteiger partial charge in [0, 0.05) is 5.56 Å². The number of rotatable bonds is 5. The molecule has 0 radical (unpaired) electrons. The van der Waals surface area contributed by atoms with Gasteiger partial charge in [-0.1, -0.05) is 81.4 Å². The van der Waals surface area contributed by atoms with Crippen LogP contribution in [0.3, 0.4) is 0 Å². The largest absolute Gasteiger partial charge is 0.365 e. The third kappa shape index (κ3) is 4.27. The summed E-state index contributed by atoms with van der Waals surface area (Å²) in [4.78, 5) is 12.2. The maximum atomic E-state index is 12.2. The van der Waals surface area contributed by atoms with E-state index in [4.69, 9.17) is 4.74 Å². The van der Waals surface area contributed by atoms with Gasteiger partial charge in [0.05, 0.1) is 6.10 Å². The van der Waals surface area contributed by atoms with Gasteiger partial charge in [-0.3, -0.25) is 4.79 Å². The first kappa shape index (κ1) is 15.5. The molecule has 2 heteroatoms. The van der Waals surface area contributed by atoms with E-state index in [1.54, 1.807) is 0 Å². The maximum absolute atomic E-state index is 12.2. The highest BCUT2D eigenvalue weighted by atomic mass is 16.5. The molecule has 2 aromatic rings. The number of Topliss-reactive ketones (excluding diaryl/α,β-unsaturated/α-hetero) is 1. The Kier molecular flexibility index (Phi) is 4.92. The smallest absolute Gasteiger partial charge is 0.188 e. The molecule has 1 atom stereocenters. The summed E-state index contributed by atoms with van der Waals surface area (Å²) in [6.45, 7) is 6.47. The minimum atomic E-state index is -0.105. The number of carbonyl (C=O) groups excluding carboxylic acids is 1. The van der Waals surface area contributed by atoms with E-state index in [0.29, 0.717) is 5.56 Å². The number of hydrogen-bond acceptors (Lipinski definition) is 2. The van der Waals surface area contributed by atoms with Crippen molar-refractivity contribution in [3.63, 3.8) is 0 Å². The molecule has 21 heavy (non-hydrogen) atoms. The van der Waals surface area contributed by atoms with E-state index in [2.05, 4.69) is 20.8 Å². The van der Waals surface area contributed by atoms with Crippen LogP contribution in [0.4, 0.5) is 0 Å². The lowest BCUT2D eigenvalue weighted by atomic mass is 9.84. The summed E-state index contributed by atoms with van der Waals surface area (Å²) in [7, 11) is 0. The van der Waals surface area contributed by atoms with Crippen LogP contribution < -0.4 is 0 Å². The molecule has 0 aromatic heterocycles. The van der Waals surface area contributed by atoms with Crippen LogP contribution in [0.25, 0.3) is 0 Å². The summed E-state index contributed by atoms with van der Waals surface area (Å²) < 4.78 is 5.96. The predicted octanol–water partition coefficient (Wildman–Crippen LogP) is 4.67. The maximum Gasteiger partial charge on any atom is 0.188 e. The molecule has 0 aliphatic carbocycles. The molecule has 0 saturated heterocycles. The zero-order chi connectivity index (χ0) is 15.3. The van der Waals surface area contributed by atoms with Crippen molar-refractivity contribution < 1.29 is 9.53 Å². The summed E-state index contributed by atoms with van der Waals surface area (Å²) in [6, 6.07) is 19.3. The fourth-order valence-corrected chi connectivity index (χ4v) is 2.34. The van der Waals surface area contributed by atoms with E-state index in [0.717, 1.165) is 5.56 Å². The molecular weight excluding hydrogens is 260 g/mol. The van der Waals surface area contributed by atoms with Crippen LogP contribution in [0, 0.1) is 5.41 Å². The van der Waals surface area contributed by atoms with Crippen LogP contribution in [-0.2, 0) is 4.74 Å². The van der Waals surface area contributed by atoms with Crippen molar-refractivity contribution in [1.29, 1.82) is 0 Å². The van der Waals surface area contributed by atoms with E-state index in [1.165, 1.54) is 0 Å². The van der Waals surface area contributed by atoms with E-state index in [-0.39, 0.29) is 23.9 Å². The van der Waals surface area contributed by atoms with Crippen LogP contribution in [0.2, 0.25) is 0 Å². The van der Waals surface area contributed by atoms with E-state index in [9.17, 15) is 4.79 Å². The molecule has 1 unspecified atom stereocenters. The van der Waals surface area contributed by atoms with Gasteiger partial charge >= 0.3 is 0 Å². The lowest BCUT2D eigenvalue weighted by Gasteiger charge is -2.31. The summed E-state index contributed by atoms with van der Waals surface area (Å²) >= 11 is 0. The van der Waals surface area contributed by atoms with Crippen LogP contribution >= 0.6 is 0 Å². The average Bonchev–Trinajstić information content (AvgIpc) is 2.48. The molecule has 0 aliphatic heterocycles.